The molecule has 158 valence electrons. The summed E-state index contributed by atoms with van der Waals surface area (Å²) in [7, 11) is 1.56. The largest absolute Gasteiger partial charge is 0.496 e. The maximum Gasteiger partial charge on any atom is 0.255 e. The highest BCUT2D eigenvalue weighted by Crippen LogP contribution is 2.19. The van der Waals surface area contributed by atoms with Crippen molar-refractivity contribution in [1.29, 1.82) is 0 Å². The maximum absolute atomic E-state index is 12.7. The van der Waals surface area contributed by atoms with Gasteiger partial charge in [-0.05, 0) is 42.8 Å². The number of hydrogen-bond donors (Lipinski definition) is 1. The molecule has 6 heteroatoms. The van der Waals surface area contributed by atoms with E-state index in [1.807, 2.05) is 66.7 Å². The second-order valence-electron chi connectivity index (χ2n) is 7.07. The third-order valence-corrected chi connectivity index (χ3v) is 5.03. The van der Waals surface area contributed by atoms with Crippen molar-refractivity contribution in [3.05, 3.63) is 90.3 Å². The Hall–Kier alpha value is -3.80. The molecule has 0 saturated carbocycles. The van der Waals surface area contributed by atoms with E-state index in [2.05, 4.69) is 9.88 Å². The van der Waals surface area contributed by atoms with Crippen LogP contribution < -0.4 is 14.8 Å². The summed E-state index contributed by atoms with van der Waals surface area (Å²) in [6, 6.07) is 25.0. The Kier molecular flexibility index (Phi) is 6.47. The molecule has 3 aromatic carbocycles. The fourth-order valence-corrected chi connectivity index (χ4v) is 3.53. The Morgan fingerprint density at radius 3 is 2.55 bits per heavy atom. The minimum Gasteiger partial charge on any atom is -0.496 e. The maximum atomic E-state index is 12.7. The van der Waals surface area contributed by atoms with Crippen LogP contribution in [0.4, 0.5) is 0 Å². The number of methoxy groups -OCH3 is 1. The number of para-hydroxylation sites is 4. The quantitative estimate of drug-likeness (QED) is 0.410. The summed E-state index contributed by atoms with van der Waals surface area (Å²) in [5.41, 5.74) is 2.46. The molecule has 0 aliphatic rings. The van der Waals surface area contributed by atoms with Crippen molar-refractivity contribution in [1.82, 2.24) is 14.9 Å². The van der Waals surface area contributed by atoms with E-state index in [9.17, 15) is 4.79 Å². The summed E-state index contributed by atoms with van der Waals surface area (Å²) in [6.07, 6.45) is 0.822. The number of imidazole rings is 1. The van der Waals surface area contributed by atoms with Crippen molar-refractivity contribution in [3.8, 4) is 11.5 Å². The number of aromatic nitrogens is 2. The molecule has 4 aromatic rings. The van der Waals surface area contributed by atoms with Crippen LogP contribution in [0.5, 0.6) is 11.5 Å². The van der Waals surface area contributed by atoms with Gasteiger partial charge in [0, 0.05) is 6.54 Å². The van der Waals surface area contributed by atoms with Crippen LogP contribution in [0.3, 0.4) is 0 Å². The Bertz CT molecular complexity index is 1160. The summed E-state index contributed by atoms with van der Waals surface area (Å²) in [4.78, 5) is 17.4. The van der Waals surface area contributed by atoms with Crippen molar-refractivity contribution in [2.45, 2.75) is 19.5 Å². The van der Waals surface area contributed by atoms with E-state index in [0.717, 1.165) is 35.6 Å². The molecule has 0 bridgehead atoms. The summed E-state index contributed by atoms with van der Waals surface area (Å²) in [5.74, 6) is 2.03. The van der Waals surface area contributed by atoms with Gasteiger partial charge in [-0.3, -0.25) is 4.79 Å². The average molecular weight is 415 g/mol. The number of nitrogens with one attached hydrogen (secondary N) is 1. The number of aryl methyl sites for hydroxylation is 1. The molecule has 0 atom stereocenters. The van der Waals surface area contributed by atoms with Crippen molar-refractivity contribution in [2.75, 3.05) is 13.7 Å². The smallest absolute Gasteiger partial charge is 0.255 e. The number of ether oxygens (including phenoxy) is 2. The van der Waals surface area contributed by atoms with Crippen molar-refractivity contribution in [3.63, 3.8) is 0 Å². The third-order valence-electron chi connectivity index (χ3n) is 5.03. The number of carbonyl (C=O) groups excluding carboxylic acids is 1. The fourth-order valence-electron chi connectivity index (χ4n) is 3.53. The molecule has 0 saturated heterocycles. The molecule has 0 aliphatic carbocycles. The number of nitrogens with zero attached hydrogens (tertiary/aromatic N) is 2. The highest BCUT2D eigenvalue weighted by atomic mass is 16.5. The molecule has 0 spiro atoms. The van der Waals surface area contributed by atoms with Gasteiger partial charge in [-0.15, -0.1) is 0 Å². The van der Waals surface area contributed by atoms with Crippen LogP contribution in [-0.2, 0) is 13.1 Å². The number of fused-ring (bicyclic) bond motifs is 1. The van der Waals surface area contributed by atoms with E-state index >= 15 is 0 Å². The van der Waals surface area contributed by atoms with Crippen LogP contribution in [0.15, 0.2) is 78.9 Å². The van der Waals surface area contributed by atoms with Gasteiger partial charge in [0.1, 0.15) is 17.3 Å². The Morgan fingerprint density at radius 2 is 1.71 bits per heavy atom. The first-order valence-electron chi connectivity index (χ1n) is 10.3. The van der Waals surface area contributed by atoms with E-state index < -0.39 is 0 Å². The lowest BCUT2D eigenvalue weighted by atomic mass is 10.2. The zero-order valence-corrected chi connectivity index (χ0v) is 17.5. The van der Waals surface area contributed by atoms with Gasteiger partial charge in [0.15, 0.2) is 0 Å². The Morgan fingerprint density at radius 1 is 0.968 bits per heavy atom. The zero-order valence-electron chi connectivity index (χ0n) is 17.5. The van der Waals surface area contributed by atoms with Crippen LogP contribution in [0, 0.1) is 0 Å². The number of carbonyl (C=O) groups is 1. The topological polar surface area (TPSA) is 65.4 Å². The Balaban J connectivity index is 1.45. The predicted octanol–water partition coefficient (Wildman–Crippen LogP) is 4.44. The molecule has 0 fully saturated rings. The van der Waals surface area contributed by atoms with Crippen LogP contribution in [0.25, 0.3) is 11.0 Å². The summed E-state index contributed by atoms with van der Waals surface area (Å²) >= 11 is 0. The summed E-state index contributed by atoms with van der Waals surface area (Å²) in [6.45, 7) is 1.67. The minimum absolute atomic E-state index is 0.191. The minimum atomic E-state index is -0.191. The SMILES string of the molecule is COc1ccccc1C(=O)NCc1nc2ccccc2n1CCCOc1ccccc1. The van der Waals surface area contributed by atoms with Crippen LogP contribution in [0.1, 0.15) is 22.6 Å². The number of rotatable bonds is 9. The van der Waals surface area contributed by atoms with Gasteiger partial charge in [0.2, 0.25) is 0 Å². The highest BCUT2D eigenvalue weighted by molar-refractivity contribution is 5.96. The first-order valence-corrected chi connectivity index (χ1v) is 10.3. The van der Waals surface area contributed by atoms with Gasteiger partial charge in [-0.1, -0.05) is 42.5 Å². The lowest BCUT2D eigenvalue weighted by molar-refractivity contribution is 0.0946. The van der Waals surface area contributed by atoms with E-state index in [1.165, 1.54) is 0 Å². The zero-order chi connectivity index (χ0) is 21.5. The molecule has 4 rings (SSSR count). The van der Waals surface area contributed by atoms with E-state index in [-0.39, 0.29) is 5.91 Å². The lowest BCUT2D eigenvalue weighted by Gasteiger charge is -2.12. The average Bonchev–Trinajstić information content (AvgIpc) is 3.18. The first kappa shape index (κ1) is 20.5. The van der Waals surface area contributed by atoms with Gasteiger partial charge in [-0.25, -0.2) is 4.98 Å². The molecule has 1 amide bonds. The molecular formula is C25H25N3O3. The van der Waals surface area contributed by atoms with Crippen molar-refractivity contribution in [2.24, 2.45) is 0 Å². The molecule has 6 nitrogen and oxygen atoms in total. The monoisotopic (exact) mass is 415 g/mol. The summed E-state index contributed by atoms with van der Waals surface area (Å²) < 4.78 is 13.3. The van der Waals surface area contributed by atoms with E-state index in [0.29, 0.717) is 24.5 Å². The highest BCUT2D eigenvalue weighted by Gasteiger charge is 2.14. The molecule has 1 N–H and O–H groups in total. The van der Waals surface area contributed by atoms with Gasteiger partial charge >= 0.3 is 0 Å². The van der Waals surface area contributed by atoms with Gasteiger partial charge < -0.3 is 19.4 Å². The summed E-state index contributed by atoms with van der Waals surface area (Å²) in [5, 5.41) is 2.97. The standard InChI is InChI=1S/C25H25N3O3/c1-30-23-15-8-5-12-20(23)25(29)26-18-24-27-21-13-6-7-14-22(21)28(24)16-9-17-31-19-10-3-2-4-11-19/h2-8,10-15H,9,16-18H2,1H3,(H,26,29). The predicted molar refractivity (Wildman–Crippen MR) is 120 cm³/mol. The van der Waals surface area contributed by atoms with Crippen LogP contribution in [0.2, 0.25) is 0 Å². The molecule has 0 aliphatic heterocycles. The van der Waals surface area contributed by atoms with Crippen molar-refractivity contribution < 1.29 is 14.3 Å². The molecule has 1 aromatic heterocycles. The molecular weight excluding hydrogens is 390 g/mol. The first-order chi connectivity index (χ1) is 15.3. The fraction of sp³-hybridized carbons (Fsp3) is 0.200. The number of benzene rings is 3. The lowest BCUT2D eigenvalue weighted by Crippen LogP contribution is -2.25. The van der Waals surface area contributed by atoms with Crippen molar-refractivity contribution >= 4 is 16.9 Å². The van der Waals surface area contributed by atoms with Gasteiger partial charge in [0.25, 0.3) is 5.91 Å². The van der Waals surface area contributed by atoms with Gasteiger partial charge in [-0.2, -0.15) is 0 Å². The third kappa shape index (κ3) is 4.86. The van der Waals surface area contributed by atoms with Gasteiger partial charge in [0.05, 0.1) is 36.9 Å². The molecule has 31 heavy (non-hydrogen) atoms. The van der Waals surface area contributed by atoms with Crippen LogP contribution >= 0.6 is 0 Å². The molecule has 0 unspecified atom stereocenters. The Labute approximate surface area is 181 Å². The molecule has 0 radical (unpaired) electrons. The second-order valence-corrected chi connectivity index (χ2v) is 7.07. The number of hydrogen-bond acceptors (Lipinski definition) is 4. The normalized spacial score (nSPS) is 10.7. The number of amides is 1. The second kappa shape index (κ2) is 9.80. The van der Waals surface area contributed by atoms with E-state index in [4.69, 9.17) is 14.5 Å². The molecule has 1 heterocycles. The van der Waals surface area contributed by atoms with E-state index in [1.54, 1.807) is 19.2 Å². The van der Waals surface area contributed by atoms with Crippen LogP contribution in [-0.4, -0.2) is 29.2 Å².